The topological polar surface area (TPSA) is 71.5 Å². The number of aromatic nitrogens is 1. The van der Waals surface area contributed by atoms with Gasteiger partial charge in [-0.1, -0.05) is 19.1 Å². The third-order valence-electron chi connectivity index (χ3n) is 4.47. The number of thiazole rings is 1. The Morgan fingerprint density at radius 2 is 2.03 bits per heavy atom. The third kappa shape index (κ3) is 6.05. The van der Waals surface area contributed by atoms with Crippen LogP contribution >= 0.6 is 27.3 Å². The number of carboxylic acids is 1. The molecule has 1 heterocycles. The Morgan fingerprint density at radius 1 is 1.28 bits per heavy atom. The summed E-state index contributed by atoms with van der Waals surface area (Å²) in [7, 11) is 0. The van der Waals surface area contributed by atoms with Gasteiger partial charge in [-0.05, 0) is 71.6 Å². The van der Waals surface area contributed by atoms with E-state index in [1.54, 1.807) is 0 Å². The molecule has 0 spiro atoms. The van der Waals surface area contributed by atoms with Gasteiger partial charge in [-0.3, -0.25) is 4.79 Å². The van der Waals surface area contributed by atoms with E-state index >= 15 is 0 Å². The molecule has 1 unspecified atom stereocenters. The second-order valence-electron chi connectivity index (χ2n) is 6.74. The number of ether oxygens (including phenoxy) is 1. The Bertz CT molecular complexity index is 972. The number of carboxylic acid groups (broad SMARTS) is 1. The van der Waals surface area contributed by atoms with Crippen molar-refractivity contribution in [3.8, 4) is 17.0 Å². The van der Waals surface area contributed by atoms with E-state index in [0.717, 1.165) is 44.3 Å². The van der Waals surface area contributed by atoms with Gasteiger partial charge >= 0.3 is 5.97 Å². The van der Waals surface area contributed by atoms with Gasteiger partial charge < -0.3 is 15.2 Å². The van der Waals surface area contributed by atoms with Gasteiger partial charge in [-0.25, -0.2) is 4.98 Å². The van der Waals surface area contributed by atoms with Crippen LogP contribution in [-0.4, -0.2) is 22.2 Å². The van der Waals surface area contributed by atoms with Gasteiger partial charge in [0.15, 0.2) is 5.13 Å². The van der Waals surface area contributed by atoms with Crippen molar-refractivity contribution in [3.05, 3.63) is 57.9 Å². The molecule has 0 aliphatic carbocycles. The van der Waals surface area contributed by atoms with Crippen molar-refractivity contribution < 1.29 is 14.6 Å². The lowest BCUT2D eigenvalue weighted by Crippen LogP contribution is -2.09. The maximum atomic E-state index is 10.7. The summed E-state index contributed by atoms with van der Waals surface area (Å²) in [6.07, 6.45) is 1.79. The van der Waals surface area contributed by atoms with E-state index in [1.807, 2.05) is 47.8 Å². The molecule has 3 aromatic rings. The first-order valence-electron chi connectivity index (χ1n) is 9.44. The van der Waals surface area contributed by atoms with Crippen molar-refractivity contribution in [2.75, 3.05) is 5.32 Å². The van der Waals surface area contributed by atoms with E-state index in [2.05, 4.69) is 40.1 Å². The second kappa shape index (κ2) is 9.89. The molecule has 1 aromatic heterocycles. The fourth-order valence-corrected chi connectivity index (χ4v) is 3.86. The van der Waals surface area contributed by atoms with E-state index in [-0.39, 0.29) is 12.5 Å². The van der Waals surface area contributed by atoms with Gasteiger partial charge in [0.1, 0.15) is 5.75 Å². The summed E-state index contributed by atoms with van der Waals surface area (Å²) in [6.45, 7) is 4.15. The molecule has 0 bridgehead atoms. The molecule has 1 atom stereocenters. The molecule has 0 saturated carbocycles. The summed E-state index contributed by atoms with van der Waals surface area (Å²) in [5.74, 6) is 0.0493. The number of carbonyl (C=O) groups is 1. The van der Waals surface area contributed by atoms with Gasteiger partial charge in [-0.2, -0.15) is 0 Å². The van der Waals surface area contributed by atoms with E-state index in [9.17, 15) is 4.79 Å². The van der Waals surface area contributed by atoms with E-state index in [1.165, 1.54) is 11.3 Å². The first kappa shape index (κ1) is 21.3. The lowest BCUT2D eigenvalue weighted by atomic mass is 10.1. The molecule has 3 rings (SSSR count). The summed E-state index contributed by atoms with van der Waals surface area (Å²) in [5, 5.41) is 14.9. The Hall–Kier alpha value is -2.38. The third-order valence-corrected chi connectivity index (χ3v) is 5.85. The monoisotopic (exact) mass is 474 g/mol. The number of nitrogens with zero attached hydrogens (tertiary/aromatic N) is 1. The Morgan fingerprint density at radius 3 is 2.69 bits per heavy atom. The molecule has 0 amide bonds. The van der Waals surface area contributed by atoms with Crippen LogP contribution in [0.5, 0.6) is 5.75 Å². The minimum Gasteiger partial charge on any atom is -0.490 e. The van der Waals surface area contributed by atoms with Crippen molar-refractivity contribution in [2.24, 2.45) is 0 Å². The Kier molecular flexibility index (Phi) is 7.28. The number of hydrogen-bond donors (Lipinski definition) is 2. The van der Waals surface area contributed by atoms with Crippen LogP contribution in [0.15, 0.2) is 52.3 Å². The molecule has 0 radical (unpaired) electrons. The largest absolute Gasteiger partial charge is 0.490 e. The van der Waals surface area contributed by atoms with Crippen LogP contribution in [0, 0.1) is 0 Å². The molecule has 0 fully saturated rings. The average molecular weight is 475 g/mol. The highest BCUT2D eigenvalue weighted by molar-refractivity contribution is 9.10. The summed E-state index contributed by atoms with van der Waals surface area (Å²) < 4.78 is 6.81. The highest BCUT2D eigenvalue weighted by Gasteiger charge is 2.10. The predicted octanol–water partition coefficient (Wildman–Crippen LogP) is 6.51. The first-order chi connectivity index (χ1) is 13.9. The molecule has 7 heteroatoms. The van der Waals surface area contributed by atoms with Crippen LogP contribution in [0.1, 0.15) is 32.3 Å². The van der Waals surface area contributed by atoms with Gasteiger partial charge in [0, 0.05) is 23.1 Å². The molecule has 5 nitrogen and oxygen atoms in total. The number of anilines is 2. The number of nitrogens with one attached hydrogen (secondary N) is 1. The highest BCUT2D eigenvalue weighted by atomic mass is 79.9. The van der Waals surface area contributed by atoms with Gasteiger partial charge in [0.05, 0.1) is 16.3 Å². The molecular weight excluding hydrogens is 452 g/mol. The maximum Gasteiger partial charge on any atom is 0.303 e. The maximum absolute atomic E-state index is 10.7. The quantitative estimate of drug-likeness (QED) is 0.369. The smallest absolute Gasteiger partial charge is 0.303 e. The number of rotatable bonds is 9. The van der Waals surface area contributed by atoms with Crippen LogP contribution in [0.3, 0.4) is 0 Å². The zero-order chi connectivity index (χ0) is 20.8. The molecular formula is C22H23BrN2O3S. The van der Waals surface area contributed by atoms with Crippen LogP contribution in [-0.2, 0) is 11.2 Å². The number of aliphatic carboxylic acids is 1. The van der Waals surface area contributed by atoms with Crippen molar-refractivity contribution in [1.29, 1.82) is 0 Å². The minimum atomic E-state index is -0.784. The molecule has 0 aliphatic heterocycles. The normalized spacial score (nSPS) is 11.8. The zero-order valence-corrected chi connectivity index (χ0v) is 18.7. The average Bonchev–Trinajstić information content (AvgIpc) is 3.17. The van der Waals surface area contributed by atoms with Crippen molar-refractivity contribution in [2.45, 2.75) is 39.2 Å². The van der Waals surface area contributed by atoms with Crippen LogP contribution in [0.4, 0.5) is 10.8 Å². The summed E-state index contributed by atoms with van der Waals surface area (Å²) >= 11 is 5.12. The van der Waals surface area contributed by atoms with Crippen molar-refractivity contribution in [3.63, 3.8) is 0 Å². The molecule has 0 saturated heterocycles. The van der Waals surface area contributed by atoms with Gasteiger partial charge in [0.2, 0.25) is 0 Å². The fraction of sp³-hybridized carbons (Fsp3) is 0.273. The minimum absolute atomic E-state index is 0.138. The predicted molar refractivity (Wildman–Crippen MR) is 121 cm³/mol. The Labute approximate surface area is 182 Å². The van der Waals surface area contributed by atoms with E-state index in [0.29, 0.717) is 6.42 Å². The lowest BCUT2D eigenvalue weighted by Gasteiger charge is -2.14. The Balaban J connectivity index is 1.66. The van der Waals surface area contributed by atoms with Crippen LogP contribution in [0.2, 0.25) is 0 Å². The molecule has 152 valence electrons. The van der Waals surface area contributed by atoms with E-state index < -0.39 is 5.97 Å². The highest BCUT2D eigenvalue weighted by Crippen LogP contribution is 2.33. The fourth-order valence-electron chi connectivity index (χ4n) is 2.65. The van der Waals surface area contributed by atoms with Crippen molar-refractivity contribution >= 4 is 44.1 Å². The van der Waals surface area contributed by atoms with Crippen LogP contribution in [0.25, 0.3) is 11.3 Å². The number of aryl methyl sites for hydroxylation is 1. The zero-order valence-electron chi connectivity index (χ0n) is 16.3. The molecule has 29 heavy (non-hydrogen) atoms. The molecule has 2 N–H and O–H groups in total. The SMILES string of the molecule is CCC(C)Oc1ccc(-c2csc(Nc3ccc(CCC(=O)O)cc3)n2)cc1Br. The van der Waals surface area contributed by atoms with E-state index in [4.69, 9.17) is 9.84 Å². The summed E-state index contributed by atoms with van der Waals surface area (Å²) in [4.78, 5) is 15.3. The summed E-state index contributed by atoms with van der Waals surface area (Å²) in [5.41, 5.74) is 3.83. The van der Waals surface area contributed by atoms with Crippen LogP contribution < -0.4 is 10.1 Å². The number of hydrogen-bond acceptors (Lipinski definition) is 5. The number of benzene rings is 2. The number of halogens is 1. The first-order valence-corrected chi connectivity index (χ1v) is 11.1. The molecule has 2 aromatic carbocycles. The van der Waals surface area contributed by atoms with Crippen molar-refractivity contribution in [1.82, 2.24) is 4.98 Å². The van der Waals surface area contributed by atoms with Gasteiger partial charge in [-0.15, -0.1) is 11.3 Å². The molecule has 0 aliphatic rings. The second-order valence-corrected chi connectivity index (χ2v) is 8.45. The lowest BCUT2D eigenvalue weighted by molar-refractivity contribution is -0.136. The standard InChI is InChI=1S/C22H23BrN2O3S/c1-3-14(2)28-20-10-7-16(12-18(20)23)19-13-29-22(25-19)24-17-8-4-15(5-9-17)6-11-21(26)27/h4-5,7-10,12-14H,3,6,11H2,1-2H3,(H,24,25)(H,26,27). The van der Waals surface area contributed by atoms with Gasteiger partial charge in [0.25, 0.3) is 0 Å². The summed E-state index contributed by atoms with van der Waals surface area (Å²) in [6, 6.07) is 13.8.